The summed E-state index contributed by atoms with van der Waals surface area (Å²) in [5.74, 6) is 0. The van der Waals surface area contributed by atoms with E-state index in [0.717, 1.165) is 25.2 Å². The van der Waals surface area contributed by atoms with Crippen molar-refractivity contribution in [2.45, 2.75) is 39.3 Å². The molecular formula is C21H27N3S. The molecule has 0 radical (unpaired) electrons. The van der Waals surface area contributed by atoms with E-state index in [4.69, 9.17) is 12.2 Å². The Morgan fingerprint density at radius 2 is 1.68 bits per heavy atom. The second kappa shape index (κ2) is 8.97. The van der Waals surface area contributed by atoms with Gasteiger partial charge in [-0.1, -0.05) is 49.4 Å². The van der Waals surface area contributed by atoms with Crippen LogP contribution in [-0.2, 0) is 19.5 Å². The summed E-state index contributed by atoms with van der Waals surface area (Å²) in [6.07, 6.45) is 3.67. The van der Waals surface area contributed by atoms with Gasteiger partial charge in [-0.15, -0.1) is 0 Å². The van der Waals surface area contributed by atoms with Crippen LogP contribution in [0.2, 0.25) is 0 Å². The average molecular weight is 354 g/mol. The van der Waals surface area contributed by atoms with Crippen molar-refractivity contribution >= 4 is 23.0 Å². The number of aryl methyl sites for hydroxylation is 1. The molecule has 25 heavy (non-hydrogen) atoms. The third-order valence-electron chi connectivity index (χ3n) is 4.73. The summed E-state index contributed by atoms with van der Waals surface area (Å²) >= 11 is 5.44. The molecule has 132 valence electrons. The van der Waals surface area contributed by atoms with E-state index in [1.165, 1.54) is 42.6 Å². The largest absolute Gasteiger partial charge is 0.358 e. The first-order chi connectivity index (χ1) is 12.2. The van der Waals surface area contributed by atoms with Crippen molar-refractivity contribution in [2.24, 2.45) is 0 Å². The van der Waals surface area contributed by atoms with Crippen molar-refractivity contribution in [1.29, 1.82) is 0 Å². The number of thiocarbonyl (C=S) groups is 1. The summed E-state index contributed by atoms with van der Waals surface area (Å²) in [5.41, 5.74) is 5.00. The molecule has 3 nitrogen and oxygen atoms in total. The van der Waals surface area contributed by atoms with Gasteiger partial charge in [0.25, 0.3) is 0 Å². The maximum Gasteiger partial charge on any atom is 0.171 e. The molecule has 0 bridgehead atoms. The highest BCUT2D eigenvalue weighted by atomic mass is 32.1. The maximum absolute atomic E-state index is 5.44. The highest BCUT2D eigenvalue weighted by Gasteiger charge is 2.11. The van der Waals surface area contributed by atoms with Crippen molar-refractivity contribution in [1.82, 2.24) is 10.2 Å². The molecule has 3 rings (SSSR count). The first-order valence-electron chi connectivity index (χ1n) is 9.17. The Morgan fingerprint density at radius 3 is 2.40 bits per heavy atom. The van der Waals surface area contributed by atoms with Crippen LogP contribution < -0.4 is 10.6 Å². The van der Waals surface area contributed by atoms with E-state index >= 15 is 0 Å². The fourth-order valence-corrected chi connectivity index (χ4v) is 3.44. The molecule has 0 aliphatic carbocycles. The summed E-state index contributed by atoms with van der Waals surface area (Å²) in [4.78, 5) is 2.53. The van der Waals surface area contributed by atoms with Crippen LogP contribution in [0.3, 0.4) is 0 Å². The smallest absolute Gasteiger partial charge is 0.171 e. The quantitative estimate of drug-likeness (QED) is 0.756. The Labute approximate surface area is 156 Å². The van der Waals surface area contributed by atoms with Gasteiger partial charge in [-0.2, -0.15) is 0 Å². The van der Waals surface area contributed by atoms with Crippen molar-refractivity contribution in [2.75, 3.05) is 18.4 Å². The molecule has 2 N–H and O–H groups in total. The summed E-state index contributed by atoms with van der Waals surface area (Å²) < 4.78 is 0. The molecule has 1 aliphatic heterocycles. The van der Waals surface area contributed by atoms with Crippen LogP contribution in [0.1, 0.15) is 36.5 Å². The zero-order valence-corrected chi connectivity index (χ0v) is 15.7. The summed E-state index contributed by atoms with van der Waals surface area (Å²) in [7, 11) is 0. The fourth-order valence-electron chi connectivity index (χ4n) is 3.26. The van der Waals surface area contributed by atoms with Crippen LogP contribution in [0.15, 0.2) is 48.5 Å². The zero-order valence-electron chi connectivity index (χ0n) is 14.9. The molecule has 0 spiro atoms. The normalized spacial score (nSPS) is 14.4. The number of rotatable bonds is 6. The van der Waals surface area contributed by atoms with Gasteiger partial charge in [0.05, 0.1) is 0 Å². The number of anilines is 1. The number of nitrogens with zero attached hydrogens (tertiary/aromatic N) is 1. The molecule has 1 saturated heterocycles. The van der Waals surface area contributed by atoms with Crippen LogP contribution in [0.4, 0.5) is 5.69 Å². The predicted molar refractivity (Wildman–Crippen MR) is 110 cm³/mol. The highest BCUT2D eigenvalue weighted by Crippen LogP contribution is 2.16. The van der Waals surface area contributed by atoms with Crippen LogP contribution in [0.25, 0.3) is 0 Å². The van der Waals surface area contributed by atoms with Gasteiger partial charge in [0, 0.05) is 18.8 Å². The number of likely N-dealkylation sites (tertiary alicyclic amines) is 1. The van der Waals surface area contributed by atoms with Crippen molar-refractivity contribution in [3.8, 4) is 0 Å². The highest BCUT2D eigenvalue weighted by molar-refractivity contribution is 7.80. The number of para-hydroxylation sites is 1. The summed E-state index contributed by atoms with van der Waals surface area (Å²) in [6.45, 7) is 6.44. The minimum Gasteiger partial charge on any atom is -0.358 e. The molecule has 2 aromatic rings. The van der Waals surface area contributed by atoms with Crippen molar-refractivity contribution in [3.05, 3.63) is 65.2 Å². The molecule has 0 saturated carbocycles. The first kappa shape index (κ1) is 17.9. The van der Waals surface area contributed by atoms with E-state index in [0.29, 0.717) is 5.11 Å². The third kappa shape index (κ3) is 5.28. The fraction of sp³-hybridized carbons (Fsp3) is 0.381. The lowest BCUT2D eigenvalue weighted by molar-refractivity contribution is 0.331. The first-order valence-corrected chi connectivity index (χ1v) is 9.58. The Kier molecular flexibility index (Phi) is 6.42. The second-order valence-electron chi connectivity index (χ2n) is 6.62. The van der Waals surface area contributed by atoms with E-state index < -0.39 is 0 Å². The molecule has 4 heteroatoms. The molecule has 0 atom stereocenters. The lowest BCUT2D eigenvalue weighted by Gasteiger charge is -2.15. The van der Waals surface area contributed by atoms with Gasteiger partial charge in [0.1, 0.15) is 0 Å². The monoisotopic (exact) mass is 353 g/mol. The summed E-state index contributed by atoms with van der Waals surface area (Å²) in [5, 5.41) is 7.27. The topological polar surface area (TPSA) is 27.3 Å². The van der Waals surface area contributed by atoms with Crippen LogP contribution in [-0.4, -0.2) is 23.1 Å². The number of nitrogens with one attached hydrogen (secondary N) is 2. The van der Waals surface area contributed by atoms with Crippen LogP contribution in [0, 0.1) is 0 Å². The standard InChI is InChI=1S/C21H27N3S/c1-2-19-7-3-4-8-20(19)23-21(25)22-15-17-9-11-18(12-10-17)16-24-13-5-6-14-24/h3-4,7-12H,2,5-6,13-16H2,1H3,(H2,22,23,25). The van der Waals surface area contributed by atoms with Gasteiger partial charge in [-0.05, 0) is 67.3 Å². The minimum absolute atomic E-state index is 0.669. The third-order valence-corrected chi connectivity index (χ3v) is 4.97. The SMILES string of the molecule is CCc1ccccc1NC(=S)NCc1ccc(CN2CCCC2)cc1. The Balaban J connectivity index is 1.48. The lowest BCUT2D eigenvalue weighted by Crippen LogP contribution is -2.28. The predicted octanol–water partition coefficient (Wildman–Crippen LogP) is 4.33. The molecule has 1 heterocycles. The van der Waals surface area contributed by atoms with E-state index in [-0.39, 0.29) is 0 Å². The summed E-state index contributed by atoms with van der Waals surface area (Å²) in [6, 6.07) is 17.1. The van der Waals surface area contributed by atoms with Crippen molar-refractivity contribution < 1.29 is 0 Å². The van der Waals surface area contributed by atoms with Crippen LogP contribution in [0.5, 0.6) is 0 Å². The zero-order chi connectivity index (χ0) is 17.5. The van der Waals surface area contributed by atoms with Gasteiger partial charge in [-0.3, -0.25) is 4.90 Å². The molecular weight excluding hydrogens is 326 g/mol. The Hall–Kier alpha value is -1.91. The maximum atomic E-state index is 5.44. The molecule has 0 aromatic heterocycles. The molecule has 0 amide bonds. The van der Waals surface area contributed by atoms with Gasteiger partial charge in [0.2, 0.25) is 0 Å². The lowest BCUT2D eigenvalue weighted by atomic mass is 10.1. The van der Waals surface area contributed by atoms with E-state index in [9.17, 15) is 0 Å². The Morgan fingerprint density at radius 1 is 1.00 bits per heavy atom. The van der Waals surface area contributed by atoms with Gasteiger partial charge in [0.15, 0.2) is 5.11 Å². The van der Waals surface area contributed by atoms with Crippen LogP contribution >= 0.6 is 12.2 Å². The van der Waals surface area contributed by atoms with Gasteiger partial charge in [-0.25, -0.2) is 0 Å². The molecule has 1 aliphatic rings. The van der Waals surface area contributed by atoms with E-state index in [1.807, 2.05) is 6.07 Å². The van der Waals surface area contributed by atoms with E-state index in [2.05, 4.69) is 64.9 Å². The second-order valence-corrected chi connectivity index (χ2v) is 7.03. The number of hydrogen-bond acceptors (Lipinski definition) is 2. The average Bonchev–Trinajstić information content (AvgIpc) is 3.15. The minimum atomic E-state index is 0.669. The number of benzene rings is 2. The Bertz CT molecular complexity index is 691. The van der Waals surface area contributed by atoms with Gasteiger partial charge >= 0.3 is 0 Å². The number of hydrogen-bond donors (Lipinski definition) is 2. The van der Waals surface area contributed by atoms with Crippen molar-refractivity contribution in [3.63, 3.8) is 0 Å². The van der Waals surface area contributed by atoms with E-state index in [1.54, 1.807) is 0 Å². The molecule has 1 fully saturated rings. The molecule has 2 aromatic carbocycles. The van der Waals surface area contributed by atoms with Gasteiger partial charge < -0.3 is 10.6 Å². The molecule has 0 unspecified atom stereocenters.